The Morgan fingerprint density at radius 2 is 1.83 bits per heavy atom. The second-order valence-corrected chi connectivity index (χ2v) is 10.6. The standard InChI is InChI=1S/C30H28N2O4/c1-18-8-11-24(19(2)16-18)35-15-14-30-13-12-29(3,36-30)25-26(30)28(34)32(27(25)33)23-10-9-20-6-4-5-7-21(20)22(23)17-31/h4-11,16,25-26H,12-15H2,1-3H3. The van der Waals surface area contributed by atoms with Crippen molar-refractivity contribution in [2.75, 3.05) is 11.5 Å². The molecule has 6 rings (SSSR count). The van der Waals surface area contributed by atoms with Crippen LogP contribution in [0.1, 0.15) is 42.9 Å². The molecule has 2 amide bonds. The molecule has 4 unspecified atom stereocenters. The van der Waals surface area contributed by atoms with Crippen molar-refractivity contribution >= 4 is 28.3 Å². The van der Waals surface area contributed by atoms with E-state index in [0.717, 1.165) is 22.1 Å². The average molecular weight is 481 g/mol. The number of aryl methyl sites for hydroxylation is 2. The van der Waals surface area contributed by atoms with E-state index in [1.54, 1.807) is 6.07 Å². The Hall–Kier alpha value is -3.69. The van der Waals surface area contributed by atoms with Gasteiger partial charge in [-0.15, -0.1) is 0 Å². The third-order valence-corrected chi connectivity index (χ3v) is 8.38. The summed E-state index contributed by atoms with van der Waals surface area (Å²) in [6, 6.07) is 19.4. The fourth-order valence-electron chi connectivity index (χ4n) is 6.71. The quantitative estimate of drug-likeness (QED) is 0.468. The summed E-state index contributed by atoms with van der Waals surface area (Å²) >= 11 is 0. The summed E-state index contributed by atoms with van der Waals surface area (Å²) in [4.78, 5) is 29.0. The Kier molecular flexibility index (Phi) is 5.00. The molecular weight excluding hydrogens is 452 g/mol. The van der Waals surface area contributed by atoms with Crippen LogP contribution in [0.4, 0.5) is 5.69 Å². The van der Waals surface area contributed by atoms with Crippen LogP contribution in [0.25, 0.3) is 10.8 Å². The van der Waals surface area contributed by atoms with Crippen LogP contribution in [0, 0.1) is 37.0 Å². The van der Waals surface area contributed by atoms with Gasteiger partial charge in [0.05, 0.1) is 40.9 Å². The molecule has 0 N–H and O–H groups in total. The minimum atomic E-state index is -0.747. The number of imide groups is 1. The zero-order valence-electron chi connectivity index (χ0n) is 20.7. The lowest BCUT2D eigenvalue weighted by atomic mass is 9.67. The highest BCUT2D eigenvalue weighted by atomic mass is 16.5. The average Bonchev–Trinajstić information content (AvgIpc) is 3.44. The Morgan fingerprint density at radius 1 is 1.06 bits per heavy atom. The van der Waals surface area contributed by atoms with Crippen molar-refractivity contribution in [3.8, 4) is 11.8 Å². The summed E-state index contributed by atoms with van der Waals surface area (Å²) in [5.41, 5.74) is 1.50. The second kappa shape index (κ2) is 7.91. The van der Waals surface area contributed by atoms with Gasteiger partial charge in [-0.2, -0.15) is 5.26 Å². The van der Waals surface area contributed by atoms with Gasteiger partial charge in [0, 0.05) is 11.8 Å². The number of hydrogen-bond acceptors (Lipinski definition) is 5. The van der Waals surface area contributed by atoms with Gasteiger partial charge < -0.3 is 9.47 Å². The van der Waals surface area contributed by atoms with Gasteiger partial charge in [0.15, 0.2) is 0 Å². The van der Waals surface area contributed by atoms with Gasteiger partial charge in [0.1, 0.15) is 11.8 Å². The number of ether oxygens (including phenoxy) is 2. The molecule has 6 nitrogen and oxygen atoms in total. The van der Waals surface area contributed by atoms with Crippen molar-refractivity contribution in [1.29, 1.82) is 5.26 Å². The predicted octanol–water partition coefficient (Wildman–Crippen LogP) is 5.22. The molecular formula is C30H28N2O4. The molecule has 0 aromatic heterocycles. The minimum Gasteiger partial charge on any atom is -0.493 e. The first kappa shape index (κ1) is 22.8. The van der Waals surface area contributed by atoms with Gasteiger partial charge >= 0.3 is 0 Å². The largest absolute Gasteiger partial charge is 0.493 e. The Labute approximate surface area is 210 Å². The maximum Gasteiger partial charge on any atom is 0.240 e. The highest BCUT2D eigenvalue weighted by Crippen LogP contribution is 2.62. The number of hydrogen-bond donors (Lipinski definition) is 0. The SMILES string of the molecule is Cc1ccc(OCCC23CCC(C)(O2)C2C(=O)N(c4ccc5ccccc5c4C#N)C(=O)C23)c(C)c1. The summed E-state index contributed by atoms with van der Waals surface area (Å²) in [6.07, 6.45) is 1.94. The number of nitriles is 1. The molecule has 0 spiro atoms. The maximum atomic E-state index is 13.9. The van der Waals surface area contributed by atoms with Crippen LogP contribution in [0.15, 0.2) is 54.6 Å². The number of anilines is 1. The summed E-state index contributed by atoms with van der Waals surface area (Å²) in [5.74, 6) is -0.859. The van der Waals surface area contributed by atoms with Gasteiger partial charge in [0.25, 0.3) is 0 Å². The van der Waals surface area contributed by atoms with Crippen LogP contribution in [0.3, 0.4) is 0 Å². The van der Waals surface area contributed by atoms with Crippen LogP contribution in [0.5, 0.6) is 5.75 Å². The molecule has 0 radical (unpaired) electrons. The van der Waals surface area contributed by atoms with Crippen molar-refractivity contribution in [3.63, 3.8) is 0 Å². The topological polar surface area (TPSA) is 79.6 Å². The molecule has 0 aliphatic carbocycles. The van der Waals surface area contributed by atoms with E-state index in [9.17, 15) is 14.9 Å². The predicted molar refractivity (Wildman–Crippen MR) is 136 cm³/mol. The number of amides is 2. The smallest absolute Gasteiger partial charge is 0.240 e. The molecule has 3 aromatic rings. The third kappa shape index (κ3) is 3.12. The molecule has 3 aromatic carbocycles. The fourth-order valence-corrected chi connectivity index (χ4v) is 6.71. The molecule has 4 atom stereocenters. The molecule has 3 saturated heterocycles. The van der Waals surface area contributed by atoms with Crippen molar-refractivity contribution in [3.05, 3.63) is 71.3 Å². The molecule has 3 aliphatic heterocycles. The van der Waals surface area contributed by atoms with Crippen molar-refractivity contribution in [2.45, 2.75) is 51.2 Å². The number of carbonyl (C=O) groups is 2. The van der Waals surface area contributed by atoms with E-state index >= 15 is 0 Å². The summed E-state index contributed by atoms with van der Waals surface area (Å²) < 4.78 is 12.6. The zero-order chi connectivity index (χ0) is 25.2. The van der Waals surface area contributed by atoms with E-state index in [0.29, 0.717) is 37.1 Å². The highest BCUT2D eigenvalue weighted by Gasteiger charge is 2.74. The Balaban J connectivity index is 1.33. The highest BCUT2D eigenvalue weighted by molar-refractivity contribution is 6.24. The molecule has 36 heavy (non-hydrogen) atoms. The first-order chi connectivity index (χ1) is 17.3. The number of nitrogens with zero attached hydrogens (tertiary/aromatic N) is 2. The Bertz CT molecular complexity index is 1470. The Morgan fingerprint density at radius 3 is 2.61 bits per heavy atom. The van der Waals surface area contributed by atoms with Crippen molar-refractivity contribution < 1.29 is 19.1 Å². The number of rotatable bonds is 5. The van der Waals surface area contributed by atoms with Gasteiger partial charge in [0.2, 0.25) is 11.8 Å². The number of benzene rings is 3. The number of carbonyl (C=O) groups excluding carboxylic acids is 2. The van der Waals surface area contributed by atoms with Crippen LogP contribution < -0.4 is 9.64 Å². The second-order valence-electron chi connectivity index (χ2n) is 10.6. The van der Waals surface area contributed by atoms with Crippen LogP contribution in [-0.4, -0.2) is 29.6 Å². The van der Waals surface area contributed by atoms with E-state index in [1.165, 1.54) is 10.5 Å². The van der Waals surface area contributed by atoms with Gasteiger partial charge in [-0.1, -0.05) is 48.0 Å². The maximum absolute atomic E-state index is 13.9. The molecule has 182 valence electrons. The minimum absolute atomic E-state index is 0.267. The monoisotopic (exact) mass is 480 g/mol. The first-order valence-corrected chi connectivity index (χ1v) is 12.5. The molecule has 0 saturated carbocycles. The van der Waals surface area contributed by atoms with Gasteiger partial charge in [-0.05, 0) is 56.7 Å². The van der Waals surface area contributed by atoms with Crippen LogP contribution in [-0.2, 0) is 14.3 Å². The molecule has 3 heterocycles. The van der Waals surface area contributed by atoms with Gasteiger partial charge in [-0.3, -0.25) is 9.59 Å². The molecule has 2 bridgehead atoms. The lowest BCUT2D eigenvalue weighted by Crippen LogP contribution is -2.43. The normalized spacial score (nSPS) is 28.6. The van der Waals surface area contributed by atoms with E-state index < -0.39 is 23.0 Å². The zero-order valence-corrected chi connectivity index (χ0v) is 20.7. The molecule has 3 aliphatic rings. The number of fused-ring (bicyclic) bond motifs is 6. The third-order valence-electron chi connectivity index (χ3n) is 8.38. The molecule has 6 heteroatoms. The van der Waals surface area contributed by atoms with Gasteiger partial charge in [-0.25, -0.2) is 4.90 Å². The first-order valence-electron chi connectivity index (χ1n) is 12.5. The fraction of sp³-hybridized carbons (Fsp3) is 0.367. The van der Waals surface area contributed by atoms with Crippen molar-refractivity contribution in [1.82, 2.24) is 0 Å². The summed E-state index contributed by atoms with van der Waals surface area (Å²) in [7, 11) is 0. The lowest BCUT2D eigenvalue weighted by Gasteiger charge is -2.31. The molecule has 3 fully saturated rings. The van der Waals surface area contributed by atoms with E-state index in [1.807, 2.05) is 63.2 Å². The lowest BCUT2D eigenvalue weighted by molar-refractivity contribution is -0.131. The van der Waals surface area contributed by atoms with Crippen molar-refractivity contribution in [2.24, 2.45) is 11.8 Å². The summed E-state index contributed by atoms with van der Waals surface area (Å²) in [5, 5.41) is 11.6. The van der Waals surface area contributed by atoms with Crippen LogP contribution >= 0.6 is 0 Å². The van der Waals surface area contributed by atoms with E-state index in [2.05, 4.69) is 12.1 Å². The van der Waals surface area contributed by atoms with E-state index in [4.69, 9.17) is 9.47 Å². The summed E-state index contributed by atoms with van der Waals surface area (Å²) in [6.45, 7) is 6.40. The van der Waals surface area contributed by atoms with E-state index in [-0.39, 0.29) is 11.8 Å². The van der Waals surface area contributed by atoms with Crippen LogP contribution in [0.2, 0.25) is 0 Å².